The van der Waals surface area contributed by atoms with E-state index in [-0.39, 0.29) is 17.6 Å². The Morgan fingerprint density at radius 2 is 2.12 bits per heavy atom. The summed E-state index contributed by atoms with van der Waals surface area (Å²) >= 11 is 1.32. The van der Waals surface area contributed by atoms with Crippen LogP contribution in [0.15, 0.2) is 35.5 Å². The SMILES string of the molecule is Cc1cc2nnc(SCC(=O)NC(C)(C#N)C(C)C)n2c2ccccc12. The molecule has 0 radical (unpaired) electrons. The van der Waals surface area contributed by atoms with Crippen molar-refractivity contribution in [1.82, 2.24) is 19.9 Å². The highest BCUT2D eigenvalue weighted by Gasteiger charge is 2.30. The van der Waals surface area contributed by atoms with Gasteiger partial charge in [-0.25, -0.2) is 0 Å². The number of aromatic nitrogens is 3. The molecule has 3 aromatic rings. The van der Waals surface area contributed by atoms with Crippen molar-refractivity contribution >= 4 is 34.2 Å². The molecule has 7 heteroatoms. The zero-order valence-corrected chi connectivity index (χ0v) is 16.1. The number of benzene rings is 1. The van der Waals surface area contributed by atoms with E-state index < -0.39 is 5.54 Å². The molecule has 0 fully saturated rings. The summed E-state index contributed by atoms with van der Waals surface area (Å²) in [5, 5.41) is 22.4. The normalized spacial score (nSPS) is 13.7. The first-order valence-electron chi connectivity index (χ1n) is 8.44. The minimum absolute atomic E-state index is 0.0160. The molecule has 0 aliphatic heterocycles. The van der Waals surface area contributed by atoms with Gasteiger partial charge in [-0.2, -0.15) is 5.26 Å². The molecular formula is C19H21N5OS. The van der Waals surface area contributed by atoms with E-state index in [1.54, 1.807) is 6.92 Å². The highest BCUT2D eigenvalue weighted by Crippen LogP contribution is 2.25. The molecule has 1 N–H and O–H groups in total. The molecule has 1 atom stereocenters. The van der Waals surface area contributed by atoms with Gasteiger partial charge in [-0.1, -0.05) is 43.8 Å². The van der Waals surface area contributed by atoms with Gasteiger partial charge in [-0.15, -0.1) is 10.2 Å². The van der Waals surface area contributed by atoms with Crippen LogP contribution in [0.4, 0.5) is 0 Å². The van der Waals surface area contributed by atoms with E-state index in [1.807, 2.05) is 49.4 Å². The van der Waals surface area contributed by atoms with Crippen molar-refractivity contribution in [3.8, 4) is 6.07 Å². The first-order chi connectivity index (χ1) is 12.4. The van der Waals surface area contributed by atoms with Crippen LogP contribution in [-0.4, -0.2) is 31.8 Å². The smallest absolute Gasteiger partial charge is 0.231 e. The monoisotopic (exact) mass is 367 g/mol. The van der Waals surface area contributed by atoms with E-state index in [0.29, 0.717) is 5.16 Å². The summed E-state index contributed by atoms with van der Waals surface area (Å²) < 4.78 is 1.96. The second-order valence-electron chi connectivity index (χ2n) is 6.83. The summed E-state index contributed by atoms with van der Waals surface area (Å²) in [5.41, 5.74) is 2.03. The Hall–Kier alpha value is -2.59. The number of pyridine rings is 1. The van der Waals surface area contributed by atoms with Gasteiger partial charge in [0, 0.05) is 5.39 Å². The lowest BCUT2D eigenvalue weighted by Crippen LogP contribution is -2.49. The van der Waals surface area contributed by atoms with E-state index in [9.17, 15) is 10.1 Å². The maximum absolute atomic E-state index is 12.3. The molecule has 1 unspecified atom stereocenters. The topological polar surface area (TPSA) is 83.1 Å². The minimum atomic E-state index is -0.881. The minimum Gasteiger partial charge on any atom is -0.337 e. The fraction of sp³-hybridized carbons (Fsp3) is 0.368. The quantitative estimate of drug-likeness (QED) is 0.699. The molecule has 0 aliphatic carbocycles. The van der Waals surface area contributed by atoms with Crippen LogP contribution < -0.4 is 5.32 Å². The van der Waals surface area contributed by atoms with Gasteiger partial charge in [0.15, 0.2) is 10.8 Å². The molecule has 2 heterocycles. The molecule has 0 aliphatic rings. The summed E-state index contributed by atoms with van der Waals surface area (Å²) in [7, 11) is 0. The first kappa shape index (κ1) is 18.2. The molecule has 1 aromatic carbocycles. The number of aryl methyl sites for hydroxylation is 1. The number of nitrogens with zero attached hydrogens (tertiary/aromatic N) is 4. The van der Waals surface area contributed by atoms with Gasteiger partial charge in [0.1, 0.15) is 5.54 Å². The summed E-state index contributed by atoms with van der Waals surface area (Å²) in [6.45, 7) is 7.61. The second-order valence-corrected chi connectivity index (χ2v) is 7.77. The number of rotatable bonds is 5. The molecule has 26 heavy (non-hydrogen) atoms. The lowest BCUT2D eigenvalue weighted by atomic mass is 9.90. The number of carbonyl (C=O) groups is 1. The van der Waals surface area contributed by atoms with Crippen LogP contribution in [0, 0.1) is 24.2 Å². The van der Waals surface area contributed by atoms with E-state index in [0.717, 1.165) is 22.1 Å². The Balaban J connectivity index is 1.86. The third-order valence-electron chi connectivity index (χ3n) is 4.69. The van der Waals surface area contributed by atoms with Gasteiger partial charge in [0.2, 0.25) is 5.91 Å². The van der Waals surface area contributed by atoms with Crippen LogP contribution in [0.2, 0.25) is 0 Å². The Morgan fingerprint density at radius 3 is 2.81 bits per heavy atom. The molecule has 0 spiro atoms. The molecule has 0 bridgehead atoms. The van der Waals surface area contributed by atoms with Crippen molar-refractivity contribution in [3.05, 3.63) is 35.9 Å². The number of amides is 1. The van der Waals surface area contributed by atoms with Crippen LogP contribution in [0.5, 0.6) is 0 Å². The Bertz CT molecular complexity index is 1020. The van der Waals surface area contributed by atoms with Crippen LogP contribution in [0.1, 0.15) is 26.3 Å². The van der Waals surface area contributed by atoms with Crippen molar-refractivity contribution in [3.63, 3.8) is 0 Å². The van der Waals surface area contributed by atoms with E-state index in [1.165, 1.54) is 11.8 Å². The lowest BCUT2D eigenvalue weighted by Gasteiger charge is -2.27. The van der Waals surface area contributed by atoms with Crippen molar-refractivity contribution in [2.75, 3.05) is 5.75 Å². The molecule has 0 saturated heterocycles. The van der Waals surface area contributed by atoms with E-state index in [4.69, 9.17) is 0 Å². The average Bonchev–Trinajstić information content (AvgIpc) is 3.03. The van der Waals surface area contributed by atoms with Gasteiger partial charge in [0.05, 0.1) is 17.3 Å². The predicted octanol–water partition coefficient (Wildman–Crippen LogP) is 3.34. The number of hydrogen-bond acceptors (Lipinski definition) is 5. The molecule has 1 amide bonds. The third kappa shape index (κ3) is 3.25. The highest BCUT2D eigenvalue weighted by molar-refractivity contribution is 7.99. The zero-order valence-electron chi connectivity index (χ0n) is 15.3. The number of nitriles is 1. The molecule has 134 valence electrons. The van der Waals surface area contributed by atoms with Crippen molar-refractivity contribution in [2.24, 2.45) is 5.92 Å². The number of carbonyl (C=O) groups excluding carboxylic acids is 1. The zero-order chi connectivity index (χ0) is 18.9. The lowest BCUT2D eigenvalue weighted by molar-refractivity contribution is -0.120. The highest BCUT2D eigenvalue weighted by atomic mass is 32.2. The van der Waals surface area contributed by atoms with Crippen LogP contribution in [-0.2, 0) is 4.79 Å². The van der Waals surface area contributed by atoms with Crippen molar-refractivity contribution in [2.45, 2.75) is 38.4 Å². The average molecular weight is 367 g/mol. The van der Waals surface area contributed by atoms with Crippen molar-refractivity contribution in [1.29, 1.82) is 5.26 Å². The second kappa shape index (κ2) is 6.96. The molecule has 6 nitrogen and oxygen atoms in total. The predicted molar refractivity (Wildman–Crippen MR) is 103 cm³/mol. The van der Waals surface area contributed by atoms with Gasteiger partial charge >= 0.3 is 0 Å². The van der Waals surface area contributed by atoms with Gasteiger partial charge in [-0.3, -0.25) is 9.20 Å². The standard InChI is InChI=1S/C19H21N5OS/c1-12(2)19(4,11-20)21-17(25)10-26-18-23-22-16-9-13(3)14-7-5-6-8-15(14)24(16)18/h5-9,12H,10H2,1-4H3,(H,21,25). The number of para-hydroxylation sites is 1. The number of fused-ring (bicyclic) bond motifs is 3. The summed E-state index contributed by atoms with van der Waals surface area (Å²) in [4.78, 5) is 12.3. The largest absolute Gasteiger partial charge is 0.337 e. The molecule has 0 saturated carbocycles. The fourth-order valence-corrected chi connectivity index (χ4v) is 3.48. The van der Waals surface area contributed by atoms with Crippen LogP contribution >= 0.6 is 11.8 Å². The Morgan fingerprint density at radius 1 is 1.38 bits per heavy atom. The van der Waals surface area contributed by atoms with Gasteiger partial charge in [0.25, 0.3) is 0 Å². The molecular weight excluding hydrogens is 346 g/mol. The third-order valence-corrected chi connectivity index (χ3v) is 5.62. The van der Waals surface area contributed by atoms with Gasteiger partial charge < -0.3 is 5.32 Å². The van der Waals surface area contributed by atoms with Gasteiger partial charge in [-0.05, 0) is 37.5 Å². The Labute approximate surface area is 156 Å². The van der Waals surface area contributed by atoms with Crippen LogP contribution in [0.25, 0.3) is 16.6 Å². The number of nitrogens with one attached hydrogen (secondary N) is 1. The number of hydrogen-bond donors (Lipinski definition) is 1. The summed E-state index contributed by atoms with van der Waals surface area (Å²) in [6.07, 6.45) is 0. The first-order valence-corrected chi connectivity index (χ1v) is 9.43. The van der Waals surface area contributed by atoms with Crippen LogP contribution in [0.3, 0.4) is 0 Å². The summed E-state index contributed by atoms with van der Waals surface area (Å²) in [6, 6.07) is 12.2. The fourth-order valence-electron chi connectivity index (χ4n) is 2.73. The van der Waals surface area contributed by atoms with Crippen molar-refractivity contribution < 1.29 is 4.79 Å². The Kier molecular flexibility index (Phi) is 4.88. The maximum Gasteiger partial charge on any atom is 0.231 e. The number of thioether (sulfide) groups is 1. The molecule has 2 aromatic heterocycles. The van der Waals surface area contributed by atoms with E-state index in [2.05, 4.69) is 27.6 Å². The van der Waals surface area contributed by atoms with E-state index >= 15 is 0 Å². The molecule has 3 rings (SSSR count). The maximum atomic E-state index is 12.3. The summed E-state index contributed by atoms with van der Waals surface area (Å²) in [5.74, 6) is -0.00399.